The number of nitrogens with one attached hydrogen (secondary N) is 1. The summed E-state index contributed by atoms with van der Waals surface area (Å²) in [5.74, 6) is 1.11. The molecule has 0 saturated carbocycles. The predicted octanol–water partition coefficient (Wildman–Crippen LogP) is 5.09. The van der Waals surface area contributed by atoms with Crippen LogP contribution in [0.5, 0.6) is 0 Å². The van der Waals surface area contributed by atoms with E-state index >= 15 is 0 Å². The number of para-hydroxylation sites is 1. The lowest BCUT2D eigenvalue weighted by Gasteiger charge is -2.12. The Bertz CT molecular complexity index is 1020. The Kier molecular flexibility index (Phi) is 6.94. The summed E-state index contributed by atoms with van der Waals surface area (Å²) in [5, 5.41) is 4.16. The maximum absolute atomic E-state index is 12.0. The molecule has 0 aliphatic carbocycles. The molecular weight excluding hydrogens is 378 g/mol. The SMILES string of the molecule is Cc1ccc(CSCC(=O)N/N=C\c2cc(C)n(-c3ccccc3C)c2C)cc1. The van der Waals surface area contributed by atoms with E-state index in [0.29, 0.717) is 5.75 Å². The molecule has 5 heteroatoms. The fourth-order valence-corrected chi connectivity index (χ4v) is 4.04. The van der Waals surface area contributed by atoms with Crippen molar-refractivity contribution in [2.24, 2.45) is 5.10 Å². The molecule has 0 bridgehead atoms. The Labute approximate surface area is 177 Å². The normalized spacial score (nSPS) is 11.2. The van der Waals surface area contributed by atoms with Gasteiger partial charge in [0.2, 0.25) is 5.91 Å². The van der Waals surface area contributed by atoms with Crippen molar-refractivity contribution in [3.8, 4) is 5.69 Å². The molecular formula is C24H27N3OS. The van der Waals surface area contributed by atoms with E-state index in [0.717, 1.165) is 22.7 Å². The minimum Gasteiger partial charge on any atom is -0.318 e. The Morgan fingerprint density at radius 3 is 2.52 bits per heavy atom. The van der Waals surface area contributed by atoms with Crippen LogP contribution in [0.3, 0.4) is 0 Å². The second-order valence-electron chi connectivity index (χ2n) is 7.22. The summed E-state index contributed by atoms with van der Waals surface area (Å²) in [5.41, 5.74) is 10.7. The van der Waals surface area contributed by atoms with E-state index in [-0.39, 0.29) is 5.91 Å². The lowest BCUT2D eigenvalue weighted by Crippen LogP contribution is -2.19. The molecule has 0 saturated heterocycles. The highest BCUT2D eigenvalue weighted by Crippen LogP contribution is 2.22. The van der Waals surface area contributed by atoms with Gasteiger partial charge in [0.05, 0.1) is 12.0 Å². The van der Waals surface area contributed by atoms with Crippen LogP contribution in [0.15, 0.2) is 59.7 Å². The van der Waals surface area contributed by atoms with Gasteiger partial charge in [-0.2, -0.15) is 5.10 Å². The smallest absolute Gasteiger partial charge is 0.250 e. The van der Waals surface area contributed by atoms with Crippen molar-refractivity contribution in [3.63, 3.8) is 0 Å². The molecule has 3 rings (SSSR count). The van der Waals surface area contributed by atoms with Crippen LogP contribution in [-0.2, 0) is 10.5 Å². The highest BCUT2D eigenvalue weighted by Gasteiger charge is 2.11. The third-order valence-electron chi connectivity index (χ3n) is 4.84. The van der Waals surface area contributed by atoms with Crippen molar-refractivity contribution in [2.75, 3.05) is 5.75 Å². The number of aryl methyl sites for hydroxylation is 3. The molecule has 29 heavy (non-hydrogen) atoms. The number of amides is 1. The maximum Gasteiger partial charge on any atom is 0.250 e. The van der Waals surface area contributed by atoms with Gasteiger partial charge in [0.15, 0.2) is 0 Å². The van der Waals surface area contributed by atoms with Crippen molar-refractivity contribution < 1.29 is 4.79 Å². The van der Waals surface area contributed by atoms with Gasteiger partial charge in [-0.15, -0.1) is 11.8 Å². The van der Waals surface area contributed by atoms with E-state index in [9.17, 15) is 4.79 Å². The van der Waals surface area contributed by atoms with Crippen molar-refractivity contribution in [2.45, 2.75) is 33.4 Å². The molecule has 3 aromatic rings. The third-order valence-corrected chi connectivity index (χ3v) is 5.85. The third kappa shape index (κ3) is 5.39. The van der Waals surface area contributed by atoms with Gasteiger partial charge in [-0.3, -0.25) is 4.79 Å². The molecule has 1 amide bonds. The number of hydrogen-bond donors (Lipinski definition) is 1. The second kappa shape index (κ2) is 9.61. The van der Waals surface area contributed by atoms with Crippen molar-refractivity contribution in [3.05, 3.63) is 88.2 Å². The monoisotopic (exact) mass is 405 g/mol. The van der Waals surface area contributed by atoms with E-state index in [1.54, 1.807) is 18.0 Å². The highest BCUT2D eigenvalue weighted by atomic mass is 32.2. The lowest BCUT2D eigenvalue weighted by atomic mass is 10.2. The molecule has 1 aromatic heterocycles. The Balaban J connectivity index is 1.56. The van der Waals surface area contributed by atoms with Crippen LogP contribution in [0.2, 0.25) is 0 Å². The number of hydrogen-bond acceptors (Lipinski definition) is 3. The molecule has 0 aliphatic heterocycles. The van der Waals surface area contributed by atoms with Gasteiger partial charge in [0, 0.05) is 28.4 Å². The van der Waals surface area contributed by atoms with Crippen molar-refractivity contribution >= 4 is 23.9 Å². The molecule has 1 heterocycles. The lowest BCUT2D eigenvalue weighted by molar-refractivity contribution is -0.118. The molecule has 0 spiro atoms. The number of thioether (sulfide) groups is 1. The maximum atomic E-state index is 12.0. The van der Waals surface area contributed by atoms with Crippen LogP contribution < -0.4 is 5.43 Å². The van der Waals surface area contributed by atoms with Gasteiger partial charge < -0.3 is 4.57 Å². The van der Waals surface area contributed by atoms with Gasteiger partial charge in [0.25, 0.3) is 0 Å². The van der Waals surface area contributed by atoms with Gasteiger partial charge in [-0.1, -0.05) is 48.0 Å². The summed E-state index contributed by atoms with van der Waals surface area (Å²) in [4.78, 5) is 12.0. The number of nitrogens with zero attached hydrogens (tertiary/aromatic N) is 2. The minimum atomic E-state index is -0.0916. The van der Waals surface area contributed by atoms with Crippen LogP contribution in [0.25, 0.3) is 5.69 Å². The fourth-order valence-electron chi connectivity index (χ4n) is 3.26. The topological polar surface area (TPSA) is 46.4 Å². The molecule has 1 N–H and O–H groups in total. The standard InChI is InChI=1S/C24H27N3OS/c1-17-9-11-21(12-10-17)15-29-16-24(28)26-25-14-22-13-19(3)27(20(22)4)23-8-6-5-7-18(23)2/h5-14H,15-16H2,1-4H3,(H,26,28)/b25-14-. The van der Waals surface area contributed by atoms with Gasteiger partial charge in [-0.25, -0.2) is 5.43 Å². The zero-order chi connectivity index (χ0) is 20.8. The molecule has 150 valence electrons. The molecule has 0 fully saturated rings. The largest absolute Gasteiger partial charge is 0.318 e. The summed E-state index contributed by atoms with van der Waals surface area (Å²) in [6.07, 6.45) is 1.72. The van der Waals surface area contributed by atoms with Crippen LogP contribution in [0.4, 0.5) is 0 Å². The first-order chi connectivity index (χ1) is 14.0. The Hall–Kier alpha value is -2.79. The predicted molar refractivity (Wildman–Crippen MR) is 123 cm³/mol. The Morgan fingerprint density at radius 2 is 1.79 bits per heavy atom. The summed E-state index contributed by atoms with van der Waals surface area (Å²) in [6, 6.07) is 18.8. The van der Waals surface area contributed by atoms with Crippen LogP contribution >= 0.6 is 11.8 Å². The van der Waals surface area contributed by atoms with Crippen LogP contribution in [-0.4, -0.2) is 22.4 Å². The molecule has 0 aliphatic rings. The average molecular weight is 406 g/mol. The van der Waals surface area contributed by atoms with E-state index in [4.69, 9.17) is 0 Å². The second-order valence-corrected chi connectivity index (χ2v) is 8.21. The van der Waals surface area contributed by atoms with Crippen molar-refractivity contribution in [1.82, 2.24) is 9.99 Å². The number of aromatic nitrogens is 1. The van der Waals surface area contributed by atoms with E-state index in [1.165, 1.54) is 22.4 Å². The molecule has 0 radical (unpaired) electrons. The number of carbonyl (C=O) groups excluding carboxylic acids is 1. The molecule has 4 nitrogen and oxygen atoms in total. The minimum absolute atomic E-state index is 0.0916. The first kappa shape index (κ1) is 20.9. The number of hydrazone groups is 1. The van der Waals surface area contributed by atoms with E-state index in [2.05, 4.69) is 85.3 Å². The summed E-state index contributed by atoms with van der Waals surface area (Å²) in [7, 11) is 0. The molecule has 2 aromatic carbocycles. The first-order valence-corrected chi connectivity index (χ1v) is 10.8. The number of carbonyl (C=O) groups is 1. The number of benzene rings is 2. The molecule has 0 unspecified atom stereocenters. The first-order valence-electron chi connectivity index (χ1n) is 9.66. The quantitative estimate of drug-likeness (QED) is 0.439. The van der Waals surface area contributed by atoms with Gasteiger partial charge >= 0.3 is 0 Å². The van der Waals surface area contributed by atoms with E-state index in [1.807, 2.05) is 12.1 Å². The number of rotatable bonds is 7. The Morgan fingerprint density at radius 1 is 1.07 bits per heavy atom. The van der Waals surface area contributed by atoms with Crippen molar-refractivity contribution in [1.29, 1.82) is 0 Å². The van der Waals surface area contributed by atoms with Gasteiger partial charge in [0.1, 0.15) is 0 Å². The zero-order valence-electron chi connectivity index (χ0n) is 17.4. The highest BCUT2D eigenvalue weighted by molar-refractivity contribution is 7.99. The van der Waals surface area contributed by atoms with Crippen LogP contribution in [0.1, 0.15) is 33.6 Å². The molecule has 0 atom stereocenters. The van der Waals surface area contributed by atoms with Crippen LogP contribution in [0, 0.1) is 27.7 Å². The summed E-state index contributed by atoms with van der Waals surface area (Å²) in [6.45, 7) is 8.33. The zero-order valence-corrected chi connectivity index (χ0v) is 18.2. The fraction of sp³-hybridized carbons (Fsp3) is 0.250. The van der Waals surface area contributed by atoms with Gasteiger partial charge in [-0.05, 0) is 51.0 Å². The summed E-state index contributed by atoms with van der Waals surface area (Å²) < 4.78 is 2.22. The van der Waals surface area contributed by atoms with E-state index < -0.39 is 0 Å². The average Bonchev–Trinajstić information content (AvgIpc) is 2.97. The summed E-state index contributed by atoms with van der Waals surface area (Å²) >= 11 is 1.59.